The Labute approximate surface area is 97.5 Å². The van der Waals surface area contributed by atoms with Crippen molar-refractivity contribution in [1.29, 1.82) is 5.26 Å². The highest BCUT2D eigenvalue weighted by atomic mass is 16.1. The van der Waals surface area contributed by atoms with Gasteiger partial charge in [0.1, 0.15) is 11.8 Å². The third-order valence-electron chi connectivity index (χ3n) is 2.08. The van der Waals surface area contributed by atoms with Crippen LogP contribution in [0.25, 0.3) is 0 Å². The van der Waals surface area contributed by atoms with Crippen LogP contribution in [0.4, 0.5) is 5.82 Å². The van der Waals surface area contributed by atoms with Gasteiger partial charge in [-0.3, -0.25) is 9.48 Å². The molecule has 6 nitrogen and oxygen atoms in total. The molecule has 0 aromatic carbocycles. The predicted molar refractivity (Wildman–Crippen MR) is 60.1 cm³/mol. The van der Waals surface area contributed by atoms with Crippen LogP contribution in [0, 0.1) is 11.3 Å². The average Bonchev–Trinajstić information content (AvgIpc) is 2.75. The molecule has 0 radical (unpaired) electrons. The van der Waals surface area contributed by atoms with Crippen molar-refractivity contribution in [2.45, 2.75) is 0 Å². The Balaban J connectivity index is 2.12. The van der Waals surface area contributed by atoms with E-state index in [0.717, 1.165) is 0 Å². The molecule has 17 heavy (non-hydrogen) atoms. The number of nitrogens with zero attached hydrogens (tertiary/aromatic N) is 4. The lowest BCUT2D eigenvalue weighted by Gasteiger charge is -2.00. The fraction of sp³-hybridized carbons (Fsp3) is 0.0909. The van der Waals surface area contributed by atoms with Gasteiger partial charge in [0, 0.05) is 25.5 Å². The quantitative estimate of drug-likeness (QED) is 0.827. The molecule has 1 amide bonds. The van der Waals surface area contributed by atoms with Crippen molar-refractivity contribution in [3.8, 4) is 6.07 Å². The fourth-order valence-electron chi connectivity index (χ4n) is 1.26. The normalized spacial score (nSPS) is 9.65. The molecule has 0 saturated carbocycles. The zero-order valence-corrected chi connectivity index (χ0v) is 9.08. The first-order valence-corrected chi connectivity index (χ1v) is 4.86. The van der Waals surface area contributed by atoms with Gasteiger partial charge in [-0.15, -0.1) is 0 Å². The van der Waals surface area contributed by atoms with Gasteiger partial charge >= 0.3 is 0 Å². The molecule has 0 atom stereocenters. The number of nitrogens with one attached hydrogen (secondary N) is 1. The van der Waals surface area contributed by atoms with Crippen LogP contribution in [0.1, 0.15) is 16.1 Å². The van der Waals surface area contributed by atoms with Gasteiger partial charge in [-0.1, -0.05) is 0 Å². The van der Waals surface area contributed by atoms with Crippen molar-refractivity contribution in [2.24, 2.45) is 7.05 Å². The van der Waals surface area contributed by atoms with E-state index >= 15 is 0 Å². The van der Waals surface area contributed by atoms with Crippen molar-refractivity contribution >= 4 is 11.7 Å². The maximum atomic E-state index is 11.7. The lowest BCUT2D eigenvalue weighted by molar-refractivity contribution is 0.102. The molecule has 2 heterocycles. The van der Waals surface area contributed by atoms with Crippen LogP contribution in [0.5, 0.6) is 0 Å². The molecule has 2 aromatic rings. The van der Waals surface area contributed by atoms with Crippen molar-refractivity contribution in [3.05, 3.63) is 41.9 Å². The number of rotatable bonds is 2. The summed E-state index contributed by atoms with van der Waals surface area (Å²) in [6, 6.07) is 6.66. The van der Waals surface area contributed by atoms with Crippen LogP contribution in [0.2, 0.25) is 0 Å². The van der Waals surface area contributed by atoms with E-state index in [1.165, 1.54) is 12.3 Å². The van der Waals surface area contributed by atoms with Gasteiger partial charge in [0.05, 0.1) is 5.56 Å². The van der Waals surface area contributed by atoms with Crippen LogP contribution < -0.4 is 5.32 Å². The summed E-state index contributed by atoms with van der Waals surface area (Å²) in [7, 11) is 1.76. The largest absolute Gasteiger partial charge is 0.304 e. The Bertz CT molecular complexity index is 579. The molecular formula is C11H9N5O. The predicted octanol–water partition coefficient (Wildman–Crippen LogP) is 0.939. The fourth-order valence-corrected chi connectivity index (χ4v) is 1.26. The smallest absolute Gasteiger partial charge is 0.275 e. The minimum absolute atomic E-state index is 0.245. The van der Waals surface area contributed by atoms with Crippen LogP contribution in [0.3, 0.4) is 0 Å². The molecule has 2 aromatic heterocycles. The second kappa shape index (κ2) is 4.45. The van der Waals surface area contributed by atoms with Gasteiger partial charge in [-0.2, -0.15) is 10.4 Å². The number of aromatic nitrogens is 3. The first-order chi connectivity index (χ1) is 8.19. The summed E-state index contributed by atoms with van der Waals surface area (Å²) in [5, 5.41) is 15.2. The van der Waals surface area contributed by atoms with E-state index in [0.29, 0.717) is 11.4 Å². The molecule has 2 rings (SSSR count). The Morgan fingerprint density at radius 1 is 1.47 bits per heavy atom. The van der Waals surface area contributed by atoms with Gasteiger partial charge in [0.2, 0.25) is 0 Å². The molecule has 0 aliphatic rings. The summed E-state index contributed by atoms with van der Waals surface area (Å²) in [6.45, 7) is 0. The van der Waals surface area contributed by atoms with Crippen LogP contribution in [-0.4, -0.2) is 20.7 Å². The van der Waals surface area contributed by atoms with Crippen LogP contribution >= 0.6 is 0 Å². The molecule has 6 heteroatoms. The zero-order chi connectivity index (χ0) is 12.3. The standard InChI is InChI=1S/C11H9N5O/c1-16-5-4-10(15-16)14-11(17)9-3-2-8(6-12)7-13-9/h2-5,7H,1H3,(H,14,15,17). The van der Waals surface area contributed by atoms with Crippen molar-refractivity contribution in [3.63, 3.8) is 0 Å². The summed E-state index contributed by atoms with van der Waals surface area (Å²) in [5.41, 5.74) is 0.661. The van der Waals surface area contributed by atoms with Gasteiger partial charge in [0.25, 0.3) is 5.91 Å². The highest BCUT2D eigenvalue weighted by Crippen LogP contribution is 2.05. The number of amides is 1. The molecule has 0 bridgehead atoms. The van der Waals surface area contributed by atoms with Crippen molar-refractivity contribution in [1.82, 2.24) is 14.8 Å². The Morgan fingerprint density at radius 2 is 2.29 bits per heavy atom. The van der Waals surface area contributed by atoms with Gasteiger partial charge in [0.15, 0.2) is 5.82 Å². The number of anilines is 1. The first kappa shape index (κ1) is 10.8. The molecule has 0 fully saturated rings. The Morgan fingerprint density at radius 3 is 2.82 bits per heavy atom. The minimum atomic E-state index is -0.354. The summed E-state index contributed by atoms with van der Waals surface area (Å²) < 4.78 is 1.59. The van der Waals surface area contributed by atoms with Gasteiger partial charge < -0.3 is 5.32 Å². The van der Waals surface area contributed by atoms with E-state index < -0.39 is 0 Å². The van der Waals surface area contributed by atoms with Crippen molar-refractivity contribution < 1.29 is 4.79 Å². The van der Waals surface area contributed by atoms with E-state index in [4.69, 9.17) is 5.26 Å². The highest BCUT2D eigenvalue weighted by molar-refractivity contribution is 6.02. The van der Waals surface area contributed by atoms with E-state index in [9.17, 15) is 4.79 Å². The summed E-state index contributed by atoms with van der Waals surface area (Å²) in [6.07, 6.45) is 3.08. The number of nitriles is 1. The lowest BCUT2D eigenvalue weighted by Crippen LogP contribution is -2.14. The van der Waals surface area contributed by atoms with E-state index in [1.54, 1.807) is 30.1 Å². The third kappa shape index (κ3) is 2.46. The number of pyridine rings is 1. The highest BCUT2D eigenvalue weighted by Gasteiger charge is 2.08. The van der Waals surface area contributed by atoms with Gasteiger partial charge in [-0.05, 0) is 12.1 Å². The molecule has 84 valence electrons. The second-order valence-corrected chi connectivity index (χ2v) is 3.37. The molecule has 0 saturated heterocycles. The molecule has 0 aliphatic heterocycles. The van der Waals surface area contributed by atoms with Crippen LogP contribution in [-0.2, 0) is 7.05 Å². The topological polar surface area (TPSA) is 83.6 Å². The Kier molecular flexibility index (Phi) is 2.83. The molecule has 0 spiro atoms. The van der Waals surface area contributed by atoms with E-state index in [-0.39, 0.29) is 11.6 Å². The molecule has 0 unspecified atom stereocenters. The number of hydrogen-bond donors (Lipinski definition) is 1. The van der Waals surface area contributed by atoms with Gasteiger partial charge in [-0.25, -0.2) is 4.98 Å². The summed E-state index contributed by atoms with van der Waals surface area (Å²) in [4.78, 5) is 15.6. The minimum Gasteiger partial charge on any atom is -0.304 e. The lowest BCUT2D eigenvalue weighted by atomic mass is 10.2. The Hall–Kier alpha value is -2.68. The van der Waals surface area contributed by atoms with Crippen molar-refractivity contribution in [2.75, 3.05) is 5.32 Å². The zero-order valence-electron chi connectivity index (χ0n) is 9.08. The maximum Gasteiger partial charge on any atom is 0.275 e. The monoisotopic (exact) mass is 227 g/mol. The maximum absolute atomic E-state index is 11.7. The number of carbonyl (C=O) groups is 1. The number of hydrogen-bond acceptors (Lipinski definition) is 4. The first-order valence-electron chi connectivity index (χ1n) is 4.86. The third-order valence-corrected chi connectivity index (χ3v) is 2.08. The number of carbonyl (C=O) groups excluding carboxylic acids is 1. The molecule has 0 aliphatic carbocycles. The second-order valence-electron chi connectivity index (χ2n) is 3.37. The van der Waals surface area contributed by atoms with E-state index in [2.05, 4.69) is 15.4 Å². The summed E-state index contributed by atoms with van der Waals surface area (Å²) >= 11 is 0. The van der Waals surface area contributed by atoms with E-state index in [1.807, 2.05) is 6.07 Å². The molecule has 1 N–H and O–H groups in total. The summed E-state index contributed by atoms with van der Waals surface area (Å²) in [5.74, 6) is 0.108. The number of aryl methyl sites for hydroxylation is 1. The molecular weight excluding hydrogens is 218 g/mol. The van der Waals surface area contributed by atoms with Crippen LogP contribution in [0.15, 0.2) is 30.6 Å². The average molecular weight is 227 g/mol. The SMILES string of the molecule is Cn1ccc(NC(=O)c2ccc(C#N)cn2)n1.